The molecule has 0 bridgehead atoms. The van der Waals surface area contributed by atoms with Gasteiger partial charge in [-0.1, -0.05) is 16.8 Å². The van der Waals surface area contributed by atoms with Gasteiger partial charge in [-0.25, -0.2) is 0 Å². The Kier molecular flexibility index (Phi) is 3.27. The smallest absolute Gasteiger partial charge is 0.171 e. The SMILES string of the molecule is COc1cc2c(cc1OC)-c1noc(-c3ccc(Cl)cc3)c1C2. The van der Waals surface area contributed by atoms with Crippen LogP contribution in [-0.4, -0.2) is 19.4 Å². The van der Waals surface area contributed by atoms with E-state index in [1.807, 2.05) is 36.4 Å². The number of hydrogen-bond donors (Lipinski definition) is 0. The Bertz CT molecular complexity index is 884. The van der Waals surface area contributed by atoms with Crippen molar-refractivity contribution in [3.63, 3.8) is 0 Å². The molecule has 1 aliphatic rings. The predicted molar refractivity (Wildman–Crippen MR) is 88.3 cm³/mol. The summed E-state index contributed by atoms with van der Waals surface area (Å²) in [4.78, 5) is 0. The number of aromatic nitrogens is 1. The number of benzene rings is 2. The van der Waals surface area contributed by atoms with Crippen molar-refractivity contribution < 1.29 is 14.0 Å². The van der Waals surface area contributed by atoms with Crippen molar-refractivity contribution in [3.8, 4) is 34.1 Å². The normalized spacial score (nSPS) is 12.0. The van der Waals surface area contributed by atoms with Crippen LogP contribution in [0.15, 0.2) is 40.9 Å². The summed E-state index contributed by atoms with van der Waals surface area (Å²) in [6.07, 6.45) is 0.756. The molecule has 0 atom stereocenters. The fraction of sp³-hybridized carbons (Fsp3) is 0.167. The number of methoxy groups -OCH3 is 2. The number of nitrogens with zero attached hydrogens (tertiary/aromatic N) is 1. The molecule has 0 amide bonds. The molecule has 4 rings (SSSR count). The summed E-state index contributed by atoms with van der Waals surface area (Å²) in [6.45, 7) is 0. The average Bonchev–Trinajstić information content (AvgIpc) is 3.13. The van der Waals surface area contributed by atoms with Crippen LogP contribution in [0.4, 0.5) is 0 Å². The summed E-state index contributed by atoms with van der Waals surface area (Å²) in [5.74, 6) is 2.20. The standard InChI is InChI=1S/C18H14ClNO3/c1-21-15-8-11-7-14-17(13(11)9-16(15)22-2)20-23-18(14)10-3-5-12(19)6-4-10/h3-6,8-9H,7H2,1-2H3. The molecule has 5 heteroatoms. The van der Waals surface area contributed by atoms with Gasteiger partial charge in [-0.05, 0) is 42.0 Å². The monoisotopic (exact) mass is 327 g/mol. The van der Waals surface area contributed by atoms with Crippen molar-refractivity contribution in [2.24, 2.45) is 0 Å². The number of fused-ring (bicyclic) bond motifs is 3. The van der Waals surface area contributed by atoms with Crippen molar-refractivity contribution >= 4 is 11.6 Å². The fourth-order valence-corrected chi connectivity index (χ4v) is 3.12. The highest BCUT2D eigenvalue weighted by molar-refractivity contribution is 6.30. The van der Waals surface area contributed by atoms with Gasteiger partial charge in [0.2, 0.25) is 0 Å². The molecule has 0 radical (unpaired) electrons. The van der Waals surface area contributed by atoms with E-state index in [-0.39, 0.29) is 0 Å². The second-order valence-electron chi connectivity index (χ2n) is 5.39. The maximum absolute atomic E-state index is 5.96. The van der Waals surface area contributed by atoms with Gasteiger partial charge in [-0.3, -0.25) is 0 Å². The Morgan fingerprint density at radius 2 is 1.74 bits per heavy atom. The maximum atomic E-state index is 5.96. The van der Waals surface area contributed by atoms with E-state index in [1.54, 1.807) is 14.2 Å². The van der Waals surface area contributed by atoms with Gasteiger partial charge in [0.1, 0.15) is 5.69 Å². The topological polar surface area (TPSA) is 44.5 Å². The molecular formula is C18H14ClNO3. The lowest BCUT2D eigenvalue weighted by Gasteiger charge is -2.09. The number of ether oxygens (including phenoxy) is 2. The third kappa shape index (κ3) is 2.18. The van der Waals surface area contributed by atoms with Crippen LogP contribution in [0.2, 0.25) is 5.02 Å². The minimum atomic E-state index is 0.690. The van der Waals surface area contributed by atoms with E-state index in [1.165, 1.54) is 0 Å². The molecule has 4 nitrogen and oxygen atoms in total. The molecule has 0 unspecified atom stereocenters. The highest BCUT2D eigenvalue weighted by Gasteiger charge is 2.29. The quantitative estimate of drug-likeness (QED) is 0.552. The third-order valence-electron chi connectivity index (χ3n) is 4.13. The summed E-state index contributed by atoms with van der Waals surface area (Å²) in [6, 6.07) is 11.5. The molecule has 116 valence electrons. The first-order valence-electron chi connectivity index (χ1n) is 7.21. The first-order valence-corrected chi connectivity index (χ1v) is 7.59. The van der Waals surface area contributed by atoms with Crippen molar-refractivity contribution in [3.05, 3.63) is 52.5 Å². The van der Waals surface area contributed by atoms with Crippen LogP contribution in [-0.2, 0) is 6.42 Å². The zero-order chi connectivity index (χ0) is 16.0. The van der Waals surface area contributed by atoms with Crippen LogP contribution in [0.3, 0.4) is 0 Å². The summed E-state index contributed by atoms with van der Waals surface area (Å²) in [7, 11) is 3.26. The van der Waals surface area contributed by atoms with Gasteiger partial charge in [-0.2, -0.15) is 0 Å². The molecule has 0 saturated heterocycles. The van der Waals surface area contributed by atoms with Crippen LogP contribution >= 0.6 is 11.6 Å². The van der Waals surface area contributed by atoms with Crippen molar-refractivity contribution in [2.75, 3.05) is 14.2 Å². The van der Waals surface area contributed by atoms with Crippen LogP contribution in [0, 0.1) is 0 Å². The minimum absolute atomic E-state index is 0.690. The third-order valence-corrected chi connectivity index (χ3v) is 4.38. The van der Waals surface area contributed by atoms with Crippen LogP contribution < -0.4 is 9.47 Å². The Hall–Kier alpha value is -2.46. The maximum Gasteiger partial charge on any atom is 0.171 e. The predicted octanol–water partition coefficient (Wildman–Crippen LogP) is 4.58. The second kappa shape index (κ2) is 5.32. The summed E-state index contributed by atoms with van der Waals surface area (Å²) < 4.78 is 16.3. The molecule has 3 aromatic rings. The lowest BCUT2D eigenvalue weighted by Crippen LogP contribution is -1.93. The summed E-state index contributed by atoms with van der Waals surface area (Å²) in [5.41, 5.74) is 5.10. The summed E-state index contributed by atoms with van der Waals surface area (Å²) >= 11 is 5.96. The molecule has 1 aromatic heterocycles. The highest BCUT2D eigenvalue weighted by atomic mass is 35.5. The zero-order valence-corrected chi connectivity index (χ0v) is 13.5. The van der Waals surface area contributed by atoms with Crippen molar-refractivity contribution in [1.82, 2.24) is 5.16 Å². The number of hydrogen-bond acceptors (Lipinski definition) is 4. The minimum Gasteiger partial charge on any atom is -0.493 e. The van der Waals surface area contributed by atoms with E-state index in [2.05, 4.69) is 5.16 Å². The van der Waals surface area contributed by atoms with Crippen LogP contribution in [0.25, 0.3) is 22.6 Å². The van der Waals surface area contributed by atoms with Crippen molar-refractivity contribution in [2.45, 2.75) is 6.42 Å². The van der Waals surface area contributed by atoms with Gasteiger partial charge in [0.25, 0.3) is 0 Å². The van der Waals surface area contributed by atoms with Gasteiger partial charge >= 0.3 is 0 Å². The Morgan fingerprint density at radius 3 is 2.43 bits per heavy atom. The molecule has 1 heterocycles. The van der Waals surface area contributed by atoms with Gasteiger partial charge < -0.3 is 14.0 Å². The van der Waals surface area contributed by atoms with Crippen molar-refractivity contribution in [1.29, 1.82) is 0 Å². The van der Waals surface area contributed by atoms with Crippen LogP contribution in [0.1, 0.15) is 11.1 Å². The van der Waals surface area contributed by atoms with E-state index >= 15 is 0 Å². The van der Waals surface area contributed by atoms with E-state index < -0.39 is 0 Å². The van der Waals surface area contributed by atoms with Gasteiger partial charge in [0.05, 0.1) is 14.2 Å². The first-order chi connectivity index (χ1) is 11.2. The highest BCUT2D eigenvalue weighted by Crippen LogP contribution is 2.45. The molecule has 0 aliphatic heterocycles. The molecule has 23 heavy (non-hydrogen) atoms. The lowest BCUT2D eigenvalue weighted by atomic mass is 10.1. The first kappa shape index (κ1) is 14.2. The molecule has 0 saturated carbocycles. The van der Waals surface area contributed by atoms with E-state index in [4.69, 9.17) is 25.6 Å². The summed E-state index contributed by atoms with van der Waals surface area (Å²) in [5, 5.41) is 4.96. The number of rotatable bonds is 3. The largest absolute Gasteiger partial charge is 0.493 e. The molecule has 0 fully saturated rings. The second-order valence-corrected chi connectivity index (χ2v) is 5.82. The zero-order valence-electron chi connectivity index (χ0n) is 12.7. The van der Waals surface area contributed by atoms with E-state index in [0.717, 1.165) is 45.9 Å². The van der Waals surface area contributed by atoms with E-state index in [0.29, 0.717) is 10.8 Å². The molecular weight excluding hydrogens is 314 g/mol. The Balaban J connectivity index is 1.82. The Labute approximate surface area is 138 Å². The lowest BCUT2D eigenvalue weighted by molar-refractivity contribution is 0.355. The molecule has 2 aromatic carbocycles. The Morgan fingerprint density at radius 1 is 1.04 bits per heavy atom. The molecule has 1 aliphatic carbocycles. The average molecular weight is 328 g/mol. The molecule has 0 spiro atoms. The van der Waals surface area contributed by atoms with Gasteiger partial charge in [0.15, 0.2) is 17.3 Å². The van der Waals surface area contributed by atoms with Crippen LogP contribution in [0.5, 0.6) is 11.5 Å². The van der Waals surface area contributed by atoms with Gasteiger partial charge in [-0.15, -0.1) is 0 Å². The van der Waals surface area contributed by atoms with E-state index in [9.17, 15) is 0 Å². The number of halogens is 1. The van der Waals surface area contributed by atoms with Gasteiger partial charge in [0, 0.05) is 28.1 Å². The molecule has 0 N–H and O–H groups in total. The fourth-order valence-electron chi connectivity index (χ4n) is 2.99.